The van der Waals surface area contributed by atoms with E-state index in [0.717, 1.165) is 10.6 Å². The average molecular weight is 476 g/mol. The zero-order chi connectivity index (χ0) is 23.7. The fourth-order valence-electron chi connectivity index (χ4n) is 4.11. The van der Waals surface area contributed by atoms with E-state index in [9.17, 15) is 19.2 Å². The molecule has 0 unspecified atom stereocenters. The molecule has 10 heteroatoms. The summed E-state index contributed by atoms with van der Waals surface area (Å²) in [6.45, 7) is 1.18. The highest BCUT2D eigenvalue weighted by Crippen LogP contribution is 2.29. The van der Waals surface area contributed by atoms with Gasteiger partial charge in [-0.15, -0.1) is 0 Å². The van der Waals surface area contributed by atoms with Gasteiger partial charge in [-0.3, -0.25) is 34.4 Å². The number of imide groups is 1. The molecule has 2 aliphatic heterocycles. The van der Waals surface area contributed by atoms with Crippen LogP contribution in [0.15, 0.2) is 48.7 Å². The molecule has 0 bridgehead atoms. The van der Waals surface area contributed by atoms with Gasteiger partial charge >= 0.3 is 0 Å². The van der Waals surface area contributed by atoms with E-state index in [-0.39, 0.29) is 36.6 Å². The minimum Gasteiger partial charge on any atom is -0.337 e. The van der Waals surface area contributed by atoms with Crippen molar-refractivity contribution in [2.75, 3.05) is 18.4 Å². The lowest BCUT2D eigenvalue weighted by atomic mass is 10.1. The number of rotatable bonds is 6. The van der Waals surface area contributed by atoms with Gasteiger partial charge in [-0.1, -0.05) is 29.5 Å². The molecule has 0 radical (unpaired) electrons. The highest BCUT2D eigenvalue weighted by molar-refractivity contribution is 7.15. The normalized spacial score (nSPS) is 14.7. The Labute approximate surface area is 199 Å². The van der Waals surface area contributed by atoms with Gasteiger partial charge in [0.15, 0.2) is 5.13 Å². The number of amides is 4. The summed E-state index contributed by atoms with van der Waals surface area (Å²) in [6, 6.07) is 11.9. The van der Waals surface area contributed by atoms with Crippen molar-refractivity contribution in [2.45, 2.75) is 25.8 Å². The number of benzene rings is 1. The number of anilines is 1. The molecule has 1 aromatic carbocycles. The predicted molar refractivity (Wildman–Crippen MR) is 124 cm³/mol. The molecule has 9 nitrogen and oxygen atoms in total. The molecule has 0 fully saturated rings. The fraction of sp³-hybridized carbons (Fsp3) is 0.250. The second-order valence-electron chi connectivity index (χ2n) is 8.03. The van der Waals surface area contributed by atoms with Crippen molar-refractivity contribution in [1.29, 1.82) is 0 Å². The van der Waals surface area contributed by atoms with Gasteiger partial charge in [0.25, 0.3) is 17.7 Å². The van der Waals surface area contributed by atoms with Crippen molar-refractivity contribution in [3.8, 4) is 0 Å². The first kappa shape index (κ1) is 21.9. The number of hydrogen-bond acceptors (Lipinski definition) is 7. The van der Waals surface area contributed by atoms with E-state index < -0.39 is 0 Å². The second kappa shape index (κ2) is 9.14. The van der Waals surface area contributed by atoms with Crippen LogP contribution in [-0.2, 0) is 17.8 Å². The first-order valence-corrected chi connectivity index (χ1v) is 11.8. The molecular formula is C24H21N5O4S. The summed E-state index contributed by atoms with van der Waals surface area (Å²) in [5.74, 6) is -0.969. The zero-order valence-corrected chi connectivity index (χ0v) is 19.0. The summed E-state index contributed by atoms with van der Waals surface area (Å²) >= 11 is 1.36. The van der Waals surface area contributed by atoms with Gasteiger partial charge in [0.05, 0.1) is 23.4 Å². The molecule has 4 amide bonds. The molecule has 5 rings (SSSR count). The minimum absolute atomic E-state index is 0.0327. The van der Waals surface area contributed by atoms with Crippen LogP contribution in [0.4, 0.5) is 5.13 Å². The molecule has 2 aromatic heterocycles. The van der Waals surface area contributed by atoms with Gasteiger partial charge in [0, 0.05) is 37.0 Å². The summed E-state index contributed by atoms with van der Waals surface area (Å²) in [7, 11) is 0. The molecule has 1 N–H and O–H groups in total. The molecule has 172 valence electrons. The number of fused-ring (bicyclic) bond motifs is 2. The number of carbonyl (C=O) groups is 4. The van der Waals surface area contributed by atoms with E-state index in [1.54, 1.807) is 53.6 Å². The van der Waals surface area contributed by atoms with Gasteiger partial charge in [0.2, 0.25) is 5.91 Å². The molecule has 0 atom stereocenters. The topological polar surface area (TPSA) is 113 Å². The van der Waals surface area contributed by atoms with Crippen LogP contribution in [-0.4, -0.2) is 56.5 Å². The van der Waals surface area contributed by atoms with Crippen molar-refractivity contribution < 1.29 is 19.2 Å². The first-order valence-electron chi connectivity index (χ1n) is 10.9. The monoisotopic (exact) mass is 475 g/mol. The first-order chi connectivity index (χ1) is 16.5. The smallest absolute Gasteiger partial charge is 0.276 e. The van der Waals surface area contributed by atoms with Gasteiger partial charge in [-0.25, -0.2) is 4.98 Å². The van der Waals surface area contributed by atoms with Gasteiger partial charge in [0.1, 0.15) is 5.69 Å². The molecule has 3 aromatic rings. The van der Waals surface area contributed by atoms with Crippen LogP contribution in [0.5, 0.6) is 0 Å². The quantitative estimate of drug-likeness (QED) is 0.549. The van der Waals surface area contributed by atoms with Crippen LogP contribution >= 0.6 is 11.3 Å². The number of nitrogens with one attached hydrogen (secondary N) is 1. The van der Waals surface area contributed by atoms with Crippen LogP contribution < -0.4 is 5.32 Å². The SMILES string of the molecule is O=C(Nc1nc2c(s1)CN(C(=O)CCCN1C(=O)c3ccccc3C1=O)CC2)c1ccccn1. The largest absolute Gasteiger partial charge is 0.337 e. The third-order valence-electron chi connectivity index (χ3n) is 5.85. The van der Waals surface area contributed by atoms with Crippen molar-refractivity contribution in [3.63, 3.8) is 0 Å². The number of aromatic nitrogens is 2. The van der Waals surface area contributed by atoms with E-state index >= 15 is 0 Å². The van der Waals surface area contributed by atoms with Crippen molar-refractivity contribution in [3.05, 3.63) is 76.1 Å². The summed E-state index contributed by atoms with van der Waals surface area (Å²) in [5, 5.41) is 3.26. The highest BCUT2D eigenvalue weighted by Gasteiger charge is 2.34. The average Bonchev–Trinajstić information content (AvgIpc) is 3.37. The Kier molecular flexibility index (Phi) is 5.89. The Morgan fingerprint density at radius 3 is 2.47 bits per heavy atom. The van der Waals surface area contributed by atoms with Crippen LogP contribution in [0.2, 0.25) is 0 Å². The van der Waals surface area contributed by atoms with Gasteiger partial charge in [-0.05, 0) is 30.7 Å². The Hall–Kier alpha value is -3.92. The Balaban J connectivity index is 1.14. The number of hydrogen-bond donors (Lipinski definition) is 1. The lowest BCUT2D eigenvalue weighted by molar-refractivity contribution is -0.132. The molecule has 0 spiro atoms. The number of carbonyl (C=O) groups excluding carboxylic acids is 4. The highest BCUT2D eigenvalue weighted by atomic mass is 32.1. The lowest BCUT2D eigenvalue weighted by Gasteiger charge is -2.26. The maximum absolute atomic E-state index is 12.8. The molecule has 0 saturated carbocycles. The fourth-order valence-corrected chi connectivity index (χ4v) is 5.13. The molecule has 4 heterocycles. The Morgan fingerprint density at radius 1 is 1.03 bits per heavy atom. The van der Waals surface area contributed by atoms with Crippen molar-refractivity contribution in [2.24, 2.45) is 0 Å². The van der Waals surface area contributed by atoms with Crippen LogP contribution in [0.3, 0.4) is 0 Å². The summed E-state index contributed by atoms with van der Waals surface area (Å²) in [4.78, 5) is 62.5. The third-order valence-corrected chi connectivity index (χ3v) is 6.85. The minimum atomic E-state index is -0.326. The van der Waals surface area contributed by atoms with Crippen molar-refractivity contribution >= 4 is 40.1 Å². The maximum Gasteiger partial charge on any atom is 0.276 e. The Bertz CT molecular complexity index is 1250. The molecule has 34 heavy (non-hydrogen) atoms. The van der Waals surface area contributed by atoms with Crippen LogP contribution in [0.1, 0.15) is 54.6 Å². The predicted octanol–water partition coefficient (Wildman–Crippen LogP) is 2.75. The standard InChI is InChI=1S/C24H21N5O4S/c30-20(9-5-12-29-22(32)15-6-1-2-7-16(15)23(29)33)28-13-10-17-19(14-28)34-24(26-17)27-21(31)18-8-3-4-11-25-18/h1-4,6-8,11H,5,9-10,12-14H2,(H,26,27,31). The van der Waals surface area contributed by atoms with Gasteiger partial charge in [-0.2, -0.15) is 0 Å². The number of pyridine rings is 1. The summed E-state index contributed by atoms with van der Waals surface area (Å²) in [5.41, 5.74) is 2.03. The summed E-state index contributed by atoms with van der Waals surface area (Å²) < 4.78 is 0. The number of thiazole rings is 1. The molecule has 2 aliphatic rings. The molecule has 0 aliphatic carbocycles. The van der Waals surface area contributed by atoms with E-state index in [1.165, 1.54) is 16.2 Å². The lowest BCUT2D eigenvalue weighted by Crippen LogP contribution is -2.36. The Morgan fingerprint density at radius 2 is 1.76 bits per heavy atom. The van der Waals surface area contributed by atoms with Crippen LogP contribution in [0.25, 0.3) is 0 Å². The second-order valence-corrected chi connectivity index (χ2v) is 9.12. The third kappa shape index (κ3) is 4.19. The van der Waals surface area contributed by atoms with Gasteiger partial charge < -0.3 is 4.90 Å². The molecule has 0 saturated heterocycles. The van der Waals surface area contributed by atoms with E-state index in [2.05, 4.69) is 15.3 Å². The molecular weight excluding hydrogens is 454 g/mol. The zero-order valence-electron chi connectivity index (χ0n) is 18.2. The van der Waals surface area contributed by atoms with Crippen LogP contribution in [0, 0.1) is 0 Å². The van der Waals surface area contributed by atoms with E-state index in [4.69, 9.17) is 0 Å². The maximum atomic E-state index is 12.8. The van der Waals surface area contributed by atoms with Crippen molar-refractivity contribution in [1.82, 2.24) is 19.8 Å². The van der Waals surface area contributed by atoms with E-state index in [0.29, 0.717) is 47.9 Å². The number of nitrogens with zero attached hydrogens (tertiary/aromatic N) is 4. The summed E-state index contributed by atoms with van der Waals surface area (Å²) in [6.07, 6.45) is 2.81. The van der Waals surface area contributed by atoms with E-state index in [1.807, 2.05) is 0 Å².